The number of pyridine rings is 1. The molecule has 0 bridgehead atoms. The molecule has 0 saturated heterocycles. The molecule has 15 heavy (non-hydrogen) atoms. The van der Waals surface area contributed by atoms with E-state index in [1.165, 1.54) is 0 Å². The molecule has 0 N–H and O–H groups in total. The van der Waals surface area contributed by atoms with Gasteiger partial charge in [-0.25, -0.2) is 4.98 Å². The largest absolute Gasteiger partial charge is 0.495 e. The molecule has 76 valence electrons. The van der Waals surface area contributed by atoms with E-state index in [-0.39, 0.29) is 0 Å². The lowest BCUT2D eigenvalue weighted by Gasteiger charge is -2.03. The van der Waals surface area contributed by atoms with Crippen LogP contribution in [0.4, 0.5) is 0 Å². The van der Waals surface area contributed by atoms with Gasteiger partial charge in [-0.2, -0.15) is 5.10 Å². The summed E-state index contributed by atoms with van der Waals surface area (Å²) in [5.41, 5.74) is 0. The van der Waals surface area contributed by atoms with Crippen LogP contribution in [0, 0.1) is 0 Å². The number of methoxy groups -OCH3 is 1. The number of ether oxygens (including phenoxy) is 2. The van der Waals surface area contributed by atoms with Gasteiger partial charge < -0.3 is 9.47 Å². The quantitative estimate of drug-likeness (QED) is 0.759. The van der Waals surface area contributed by atoms with Gasteiger partial charge in [-0.15, -0.1) is 5.10 Å². The van der Waals surface area contributed by atoms with Crippen molar-refractivity contribution in [3.63, 3.8) is 0 Å². The van der Waals surface area contributed by atoms with E-state index in [1.807, 2.05) is 0 Å². The lowest BCUT2D eigenvalue weighted by Crippen LogP contribution is -1.91. The first-order valence-corrected chi connectivity index (χ1v) is 4.34. The number of nitrogens with zero attached hydrogens (tertiary/aromatic N) is 3. The molecule has 0 amide bonds. The summed E-state index contributed by atoms with van der Waals surface area (Å²) in [5, 5.41) is 7.46. The zero-order valence-electron chi connectivity index (χ0n) is 8.12. The molecule has 0 aliphatic heterocycles. The second kappa shape index (κ2) is 4.36. The normalized spacial score (nSPS) is 9.67. The Bertz CT molecular complexity index is 416. The molecule has 0 spiro atoms. The third kappa shape index (κ3) is 2.40. The molecule has 0 aromatic carbocycles. The third-order valence-electron chi connectivity index (χ3n) is 1.70. The lowest BCUT2D eigenvalue weighted by molar-refractivity contribution is 0.404. The number of hydrogen-bond acceptors (Lipinski definition) is 5. The fourth-order valence-corrected chi connectivity index (χ4v) is 0.997. The van der Waals surface area contributed by atoms with Gasteiger partial charge in [-0.05, 0) is 12.1 Å². The van der Waals surface area contributed by atoms with E-state index in [4.69, 9.17) is 9.47 Å². The van der Waals surface area contributed by atoms with Crippen LogP contribution in [0.3, 0.4) is 0 Å². The highest BCUT2D eigenvalue weighted by Crippen LogP contribution is 2.17. The van der Waals surface area contributed by atoms with E-state index in [1.54, 1.807) is 43.8 Å². The molecule has 2 aromatic heterocycles. The second-order valence-corrected chi connectivity index (χ2v) is 2.70. The van der Waals surface area contributed by atoms with Crippen LogP contribution in [0.2, 0.25) is 0 Å². The Morgan fingerprint density at radius 2 is 2.07 bits per heavy atom. The summed E-state index contributed by atoms with van der Waals surface area (Å²) < 4.78 is 10.3. The summed E-state index contributed by atoms with van der Waals surface area (Å²) >= 11 is 0. The van der Waals surface area contributed by atoms with Crippen LogP contribution in [0.5, 0.6) is 17.5 Å². The average molecular weight is 203 g/mol. The van der Waals surface area contributed by atoms with Crippen molar-refractivity contribution in [3.05, 3.63) is 36.7 Å². The fourth-order valence-electron chi connectivity index (χ4n) is 0.997. The van der Waals surface area contributed by atoms with Crippen LogP contribution < -0.4 is 9.47 Å². The minimum Gasteiger partial charge on any atom is -0.495 e. The van der Waals surface area contributed by atoms with Crippen molar-refractivity contribution in [2.45, 2.75) is 0 Å². The van der Waals surface area contributed by atoms with Crippen LogP contribution >= 0.6 is 0 Å². The highest BCUT2D eigenvalue weighted by molar-refractivity contribution is 5.25. The van der Waals surface area contributed by atoms with Gasteiger partial charge in [0.2, 0.25) is 11.8 Å². The topological polar surface area (TPSA) is 57.1 Å². The summed E-state index contributed by atoms with van der Waals surface area (Å²) in [5.74, 6) is 1.55. The molecule has 5 nitrogen and oxygen atoms in total. The minimum absolute atomic E-state index is 0.412. The number of hydrogen-bond donors (Lipinski definition) is 0. The molecule has 0 fully saturated rings. The Kier molecular flexibility index (Phi) is 2.73. The van der Waals surface area contributed by atoms with Gasteiger partial charge in [0.05, 0.1) is 13.3 Å². The van der Waals surface area contributed by atoms with E-state index in [0.717, 1.165) is 0 Å². The predicted molar refractivity (Wildman–Crippen MR) is 52.9 cm³/mol. The molecular weight excluding hydrogens is 194 g/mol. The van der Waals surface area contributed by atoms with Crippen LogP contribution in [0.1, 0.15) is 0 Å². The Morgan fingerprint density at radius 3 is 2.67 bits per heavy atom. The molecule has 2 heterocycles. The van der Waals surface area contributed by atoms with Crippen LogP contribution in [-0.2, 0) is 0 Å². The summed E-state index contributed by atoms with van der Waals surface area (Å²) in [6.07, 6.45) is 3.15. The lowest BCUT2D eigenvalue weighted by atomic mass is 10.4. The van der Waals surface area contributed by atoms with E-state index in [2.05, 4.69) is 15.2 Å². The van der Waals surface area contributed by atoms with Crippen molar-refractivity contribution in [2.75, 3.05) is 7.11 Å². The molecule has 0 saturated carbocycles. The zero-order chi connectivity index (χ0) is 10.5. The van der Waals surface area contributed by atoms with Crippen molar-refractivity contribution < 1.29 is 9.47 Å². The second-order valence-electron chi connectivity index (χ2n) is 2.70. The molecule has 0 atom stereocenters. The SMILES string of the molecule is COc1ccc(Oc2cccnn2)nc1. The molecule has 0 aliphatic rings. The van der Waals surface area contributed by atoms with Crippen LogP contribution in [0.25, 0.3) is 0 Å². The molecule has 0 unspecified atom stereocenters. The Hall–Kier alpha value is -2.17. The summed E-state index contributed by atoms with van der Waals surface area (Å²) in [7, 11) is 1.58. The Morgan fingerprint density at radius 1 is 1.13 bits per heavy atom. The molecule has 5 heteroatoms. The van der Waals surface area contributed by atoms with E-state index < -0.39 is 0 Å². The first-order chi connectivity index (χ1) is 7.38. The van der Waals surface area contributed by atoms with Gasteiger partial charge in [-0.1, -0.05) is 0 Å². The van der Waals surface area contributed by atoms with Crippen molar-refractivity contribution in [3.8, 4) is 17.5 Å². The zero-order valence-corrected chi connectivity index (χ0v) is 8.12. The third-order valence-corrected chi connectivity index (χ3v) is 1.70. The standard InChI is InChI=1S/C10H9N3O2/c1-14-8-4-5-9(11-7-8)15-10-3-2-6-12-13-10/h2-7H,1H3. The molecular formula is C10H9N3O2. The molecule has 2 rings (SSSR count). The Balaban J connectivity index is 2.11. The van der Waals surface area contributed by atoms with Crippen LogP contribution in [-0.4, -0.2) is 22.3 Å². The van der Waals surface area contributed by atoms with Crippen LogP contribution in [0.15, 0.2) is 36.7 Å². The summed E-state index contributed by atoms with van der Waals surface area (Å²) in [6.45, 7) is 0. The molecule has 0 aliphatic carbocycles. The maximum Gasteiger partial charge on any atom is 0.240 e. The van der Waals surface area contributed by atoms with E-state index in [9.17, 15) is 0 Å². The van der Waals surface area contributed by atoms with E-state index >= 15 is 0 Å². The van der Waals surface area contributed by atoms with Gasteiger partial charge in [-0.3, -0.25) is 0 Å². The van der Waals surface area contributed by atoms with Gasteiger partial charge >= 0.3 is 0 Å². The first kappa shape index (κ1) is 9.39. The minimum atomic E-state index is 0.412. The fraction of sp³-hybridized carbons (Fsp3) is 0.100. The maximum absolute atomic E-state index is 5.34. The van der Waals surface area contributed by atoms with Gasteiger partial charge in [0, 0.05) is 18.3 Å². The monoisotopic (exact) mass is 203 g/mol. The molecule has 2 aromatic rings. The highest BCUT2D eigenvalue weighted by Gasteiger charge is 1.99. The maximum atomic E-state index is 5.34. The van der Waals surface area contributed by atoms with E-state index in [0.29, 0.717) is 17.5 Å². The summed E-state index contributed by atoms with van der Waals surface area (Å²) in [6, 6.07) is 6.91. The van der Waals surface area contributed by atoms with Gasteiger partial charge in [0.1, 0.15) is 5.75 Å². The van der Waals surface area contributed by atoms with Crippen molar-refractivity contribution in [1.29, 1.82) is 0 Å². The smallest absolute Gasteiger partial charge is 0.240 e. The van der Waals surface area contributed by atoms with Crippen molar-refractivity contribution in [2.24, 2.45) is 0 Å². The van der Waals surface area contributed by atoms with Gasteiger partial charge in [0.15, 0.2) is 0 Å². The van der Waals surface area contributed by atoms with Crippen molar-refractivity contribution in [1.82, 2.24) is 15.2 Å². The van der Waals surface area contributed by atoms with Crippen molar-refractivity contribution >= 4 is 0 Å². The number of rotatable bonds is 3. The molecule has 0 radical (unpaired) electrons. The highest BCUT2D eigenvalue weighted by atomic mass is 16.5. The predicted octanol–water partition coefficient (Wildman–Crippen LogP) is 1.67. The average Bonchev–Trinajstić information content (AvgIpc) is 2.31. The first-order valence-electron chi connectivity index (χ1n) is 4.34. The summed E-state index contributed by atoms with van der Waals surface area (Å²) in [4.78, 5) is 4.03. The number of aromatic nitrogens is 3. The van der Waals surface area contributed by atoms with Gasteiger partial charge in [0.25, 0.3) is 0 Å². The Labute approximate surface area is 86.7 Å².